The molecule has 0 saturated carbocycles. The Bertz CT molecular complexity index is 196. The first-order valence-electron chi connectivity index (χ1n) is 5.04. The summed E-state index contributed by atoms with van der Waals surface area (Å²) >= 11 is 0. The second-order valence-electron chi connectivity index (χ2n) is 3.76. The third kappa shape index (κ3) is 3.62. The van der Waals surface area contributed by atoms with E-state index in [2.05, 4.69) is 13.0 Å². The number of carbonyl (C=O) groups is 1. The number of hydrogen-bond acceptors (Lipinski definition) is 2. The van der Waals surface area contributed by atoms with Gasteiger partial charge in [0.15, 0.2) is 0 Å². The molecule has 0 amide bonds. The Hall–Kier alpha value is -0.790. The van der Waals surface area contributed by atoms with Gasteiger partial charge in [0.05, 0.1) is 0 Å². The largest absolute Gasteiger partial charge is 0.458 e. The van der Waals surface area contributed by atoms with Crippen LogP contribution >= 0.6 is 0 Å². The summed E-state index contributed by atoms with van der Waals surface area (Å²) in [7, 11) is 0. The van der Waals surface area contributed by atoms with Crippen LogP contribution in [0, 0.1) is 5.92 Å². The molecule has 74 valence electrons. The van der Waals surface area contributed by atoms with Crippen LogP contribution in [0.4, 0.5) is 0 Å². The molecule has 2 heteroatoms. The zero-order valence-electron chi connectivity index (χ0n) is 8.45. The number of ether oxygens (including phenoxy) is 1. The summed E-state index contributed by atoms with van der Waals surface area (Å²) in [6, 6.07) is 0. The first-order valence-corrected chi connectivity index (χ1v) is 5.04. The van der Waals surface area contributed by atoms with E-state index in [1.165, 1.54) is 19.8 Å². The van der Waals surface area contributed by atoms with Crippen LogP contribution in [0.5, 0.6) is 0 Å². The molecular weight excluding hydrogens is 164 g/mol. The van der Waals surface area contributed by atoms with E-state index in [0.717, 1.165) is 12.8 Å². The Balaban J connectivity index is 2.54. The van der Waals surface area contributed by atoms with Gasteiger partial charge in [-0.05, 0) is 31.3 Å². The lowest BCUT2D eigenvalue weighted by molar-refractivity contribution is -0.146. The maximum absolute atomic E-state index is 10.8. The molecule has 0 bridgehead atoms. The summed E-state index contributed by atoms with van der Waals surface area (Å²) < 4.78 is 5.21. The maximum Gasteiger partial charge on any atom is 0.303 e. The van der Waals surface area contributed by atoms with Gasteiger partial charge in [-0.2, -0.15) is 0 Å². The highest BCUT2D eigenvalue weighted by Gasteiger charge is 2.17. The molecule has 0 aromatic heterocycles. The number of esters is 1. The molecular formula is C11H18O2. The first kappa shape index (κ1) is 10.3. The van der Waals surface area contributed by atoms with Gasteiger partial charge in [0.25, 0.3) is 0 Å². The van der Waals surface area contributed by atoms with Crippen LogP contribution in [-0.2, 0) is 9.53 Å². The molecule has 0 heterocycles. The third-order valence-electron chi connectivity index (χ3n) is 2.47. The average Bonchev–Trinajstić information content (AvgIpc) is 2.04. The van der Waals surface area contributed by atoms with Crippen molar-refractivity contribution in [3.05, 3.63) is 12.2 Å². The molecule has 13 heavy (non-hydrogen) atoms. The molecule has 0 aliphatic heterocycles. The van der Waals surface area contributed by atoms with E-state index in [0.29, 0.717) is 5.92 Å². The molecule has 0 N–H and O–H groups in total. The first-order chi connectivity index (χ1) is 6.20. The van der Waals surface area contributed by atoms with Gasteiger partial charge in [0, 0.05) is 6.92 Å². The Morgan fingerprint density at radius 1 is 1.46 bits per heavy atom. The second kappa shape index (κ2) is 5.05. The summed E-state index contributed by atoms with van der Waals surface area (Å²) in [6.45, 7) is 3.61. The summed E-state index contributed by atoms with van der Waals surface area (Å²) in [5.74, 6) is 0.280. The molecule has 0 saturated heterocycles. The maximum atomic E-state index is 10.8. The fourth-order valence-electron chi connectivity index (χ4n) is 1.66. The normalized spacial score (nSPS) is 31.5. The molecule has 0 spiro atoms. The summed E-state index contributed by atoms with van der Waals surface area (Å²) in [4.78, 5) is 10.8. The molecule has 0 aromatic rings. The average molecular weight is 182 g/mol. The molecule has 0 radical (unpaired) electrons. The van der Waals surface area contributed by atoms with Gasteiger partial charge in [-0.1, -0.05) is 19.4 Å². The van der Waals surface area contributed by atoms with E-state index in [-0.39, 0.29) is 12.1 Å². The summed E-state index contributed by atoms with van der Waals surface area (Å²) in [5, 5.41) is 0. The van der Waals surface area contributed by atoms with Gasteiger partial charge in [0.2, 0.25) is 0 Å². The van der Waals surface area contributed by atoms with Crippen molar-refractivity contribution in [1.29, 1.82) is 0 Å². The Morgan fingerprint density at radius 3 is 2.92 bits per heavy atom. The molecule has 1 aliphatic rings. The Labute approximate surface area is 80.0 Å². The number of allylic oxidation sites excluding steroid dienone is 1. The van der Waals surface area contributed by atoms with E-state index in [1.807, 2.05) is 6.08 Å². The van der Waals surface area contributed by atoms with Gasteiger partial charge >= 0.3 is 5.97 Å². The number of carbonyl (C=O) groups excluding carboxylic acids is 1. The summed E-state index contributed by atoms with van der Waals surface area (Å²) in [6.07, 6.45) is 8.93. The lowest BCUT2D eigenvalue weighted by Crippen LogP contribution is -2.22. The SMILES string of the molecule is CC(=O)OC1/C=C/CCCCC1C. The van der Waals surface area contributed by atoms with Gasteiger partial charge in [0.1, 0.15) is 6.10 Å². The Kier molecular flexibility index (Phi) is 4.00. The van der Waals surface area contributed by atoms with Crippen molar-refractivity contribution in [3.63, 3.8) is 0 Å². The predicted molar refractivity (Wildman–Crippen MR) is 52.3 cm³/mol. The van der Waals surface area contributed by atoms with Gasteiger partial charge in [-0.25, -0.2) is 0 Å². The molecule has 0 fully saturated rings. The van der Waals surface area contributed by atoms with Crippen LogP contribution < -0.4 is 0 Å². The quantitative estimate of drug-likeness (QED) is 0.460. The lowest BCUT2D eigenvalue weighted by atomic mass is 9.94. The highest BCUT2D eigenvalue weighted by molar-refractivity contribution is 5.66. The van der Waals surface area contributed by atoms with Crippen LogP contribution in [-0.4, -0.2) is 12.1 Å². The van der Waals surface area contributed by atoms with Crippen molar-refractivity contribution in [2.45, 2.75) is 45.6 Å². The van der Waals surface area contributed by atoms with Crippen molar-refractivity contribution >= 4 is 5.97 Å². The number of hydrogen-bond donors (Lipinski definition) is 0. The minimum absolute atomic E-state index is 0.00204. The van der Waals surface area contributed by atoms with Crippen molar-refractivity contribution in [2.24, 2.45) is 5.92 Å². The van der Waals surface area contributed by atoms with Crippen LogP contribution in [0.15, 0.2) is 12.2 Å². The molecule has 0 aromatic carbocycles. The van der Waals surface area contributed by atoms with Gasteiger partial charge < -0.3 is 4.74 Å². The molecule has 2 atom stereocenters. The highest BCUT2D eigenvalue weighted by atomic mass is 16.5. The summed E-state index contributed by atoms with van der Waals surface area (Å²) in [5.41, 5.74) is 0. The topological polar surface area (TPSA) is 26.3 Å². The van der Waals surface area contributed by atoms with Crippen molar-refractivity contribution in [1.82, 2.24) is 0 Å². The number of rotatable bonds is 1. The fraction of sp³-hybridized carbons (Fsp3) is 0.727. The van der Waals surface area contributed by atoms with E-state index < -0.39 is 0 Å². The van der Waals surface area contributed by atoms with Gasteiger partial charge in [-0.15, -0.1) is 0 Å². The van der Waals surface area contributed by atoms with Crippen LogP contribution in [0.25, 0.3) is 0 Å². The van der Waals surface area contributed by atoms with Crippen LogP contribution in [0.3, 0.4) is 0 Å². The second-order valence-corrected chi connectivity index (χ2v) is 3.76. The monoisotopic (exact) mass is 182 g/mol. The fourth-order valence-corrected chi connectivity index (χ4v) is 1.66. The molecule has 1 aliphatic carbocycles. The minimum Gasteiger partial charge on any atom is -0.458 e. The van der Waals surface area contributed by atoms with Gasteiger partial charge in [-0.3, -0.25) is 4.79 Å². The molecule has 1 rings (SSSR count). The predicted octanol–water partition coefficient (Wildman–Crippen LogP) is 2.68. The molecule has 2 unspecified atom stereocenters. The van der Waals surface area contributed by atoms with Crippen LogP contribution in [0.1, 0.15) is 39.5 Å². The van der Waals surface area contributed by atoms with E-state index in [1.54, 1.807) is 0 Å². The Morgan fingerprint density at radius 2 is 2.23 bits per heavy atom. The zero-order chi connectivity index (χ0) is 9.68. The highest BCUT2D eigenvalue weighted by Crippen LogP contribution is 2.20. The van der Waals surface area contributed by atoms with Crippen molar-refractivity contribution in [2.75, 3.05) is 0 Å². The van der Waals surface area contributed by atoms with E-state index in [9.17, 15) is 4.79 Å². The lowest BCUT2D eigenvalue weighted by Gasteiger charge is -2.22. The standard InChI is InChI=1S/C11H18O2/c1-9-7-5-3-4-6-8-11(9)13-10(2)12/h6,8-9,11H,3-5,7H2,1-2H3/b8-6+. The molecule has 2 nitrogen and oxygen atoms in total. The van der Waals surface area contributed by atoms with E-state index >= 15 is 0 Å². The minimum atomic E-state index is -0.179. The zero-order valence-corrected chi connectivity index (χ0v) is 8.45. The van der Waals surface area contributed by atoms with Crippen molar-refractivity contribution in [3.8, 4) is 0 Å². The third-order valence-corrected chi connectivity index (χ3v) is 2.47. The van der Waals surface area contributed by atoms with E-state index in [4.69, 9.17) is 4.74 Å². The van der Waals surface area contributed by atoms with Crippen molar-refractivity contribution < 1.29 is 9.53 Å². The smallest absolute Gasteiger partial charge is 0.303 e. The van der Waals surface area contributed by atoms with Crippen LogP contribution in [0.2, 0.25) is 0 Å².